The molecule has 0 bridgehead atoms. The van der Waals surface area contributed by atoms with Gasteiger partial charge in [0.1, 0.15) is 0 Å². The third-order valence-electron chi connectivity index (χ3n) is 3.08. The van der Waals surface area contributed by atoms with Gasteiger partial charge in [0.25, 0.3) is 0 Å². The van der Waals surface area contributed by atoms with Crippen LogP contribution in [0.2, 0.25) is 0 Å². The van der Waals surface area contributed by atoms with E-state index in [-0.39, 0.29) is 5.78 Å². The summed E-state index contributed by atoms with van der Waals surface area (Å²) in [5.41, 5.74) is 3.48. The lowest BCUT2D eigenvalue weighted by atomic mass is 9.98. The fourth-order valence-electron chi connectivity index (χ4n) is 2.22. The lowest BCUT2D eigenvalue weighted by Gasteiger charge is -2.30. The zero-order valence-electron chi connectivity index (χ0n) is 9.42. The van der Waals surface area contributed by atoms with E-state index in [1.54, 1.807) is 6.92 Å². The van der Waals surface area contributed by atoms with Crippen molar-refractivity contribution >= 4 is 11.5 Å². The van der Waals surface area contributed by atoms with Crippen molar-refractivity contribution in [1.82, 2.24) is 0 Å². The number of hydrogen-bond acceptors (Lipinski definition) is 2. The molecule has 2 nitrogen and oxygen atoms in total. The van der Waals surface area contributed by atoms with Gasteiger partial charge in [0, 0.05) is 24.3 Å². The average Bonchev–Trinajstić information content (AvgIpc) is 2.27. The van der Waals surface area contributed by atoms with Gasteiger partial charge in [0.05, 0.1) is 0 Å². The molecule has 0 spiro atoms. The van der Waals surface area contributed by atoms with Gasteiger partial charge < -0.3 is 4.90 Å². The Hall–Kier alpha value is -1.31. The number of carbonyl (C=O) groups is 1. The maximum Gasteiger partial charge on any atom is 0.159 e. The summed E-state index contributed by atoms with van der Waals surface area (Å²) in [6.07, 6.45) is 2.30. The number of rotatable bonds is 2. The van der Waals surface area contributed by atoms with Crippen LogP contribution >= 0.6 is 0 Å². The molecule has 0 N–H and O–H groups in total. The minimum Gasteiger partial charge on any atom is -0.372 e. The van der Waals surface area contributed by atoms with Crippen LogP contribution in [0.5, 0.6) is 0 Å². The number of hydrogen-bond donors (Lipinski definition) is 0. The van der Waals surface area contributed by atoms with Crippen molar-refractivity contribution in [1.29, 1.82) is 0 Å². The Kier molecular flexibility index (Phi) is 2.76. The first-order chi connectivity index (χ1) is 7.22. The van der Waals surface area contributed by atoms with E-state index in [2.05, 4.69) is 24.0 Å². The van der Waals surface area contributed by atoms with E-state index in [0.29, 0.717) is 0 Å². The molecule has 0 atom stereocenters. The maximum absolute atomic E-state index is 11.3. The fraction of sp³-hybridized carbons (Fsp3) is 0.462. The second-order valence-electron chi connectivity index (χ2n) is 4.08. The molecule has 0 unspecified atom stereocenters. The van der Waals surface area contributed by atoms with E-state index in [1.807, 2.05) is 6.07 Å². The monoisotopic (exact) mass is 203 g/mol. The van der Waals surface area contributed by atoms with Gasteiger partial charge in [0.2, 0.25) is 0 Å². The Morgan fingerprint density at radius 1 is 1.47 bits per heavy atom. The smallest absolute Gasteiger partial charge is 0.159 e. The molecule has 0 aliphatic carbocycles. The molecule has 80 valence electrons. The standard InChI is InChI=1S/C13H17NO/c1-3-14-8-4-5-12-9-11(10(2)15)6-7-13(12)14/h6-7,9H,3-5,8H2,1-2H3. The molecule has 2 heteroatoms. The quantitative estimate of drug-likeness (QED) is 0.689. The Labute approximate surface area is 90.9 Å². The summed E-state index contributed by atoms with van der Waals surface area (Å²) >= 11 is 0. The maximum atomic E-state index is 11.3. The van der Waals surface area contributed by atoms with E-state index >= 15 is 0 Å². The molecule has 15 heavy (non-hydrogen) atoms. The van der Waals surface area contributed by atoms with E-state index < -0.39 is 0 Å². The minimum atomic E-state index is 0.159. The molecule has 0 fully saturated rings. The average molecular weight is 203 g/mol. The molecule has 2 rings (SSSR count). The van der Waals surface area contributed by atoms with E-state index in [4.69, 9.17) is 0 Å². The first-order valence-corrected chi connectivity index (χ1v) is 5.61. The highest BCUT2D eigenvalue weighted by Crippen LogP contribution is 2.27. The van der Waals surface area contributed by atoms with Crippen molar-refractivity contribution in [3.05, 3.63) is 29.3 Å². The molecule has 1 aliphatic rings. The predicted octanol–water partition coefficient (Wildman–Crippen LogP) is 2.66. The predicted molar refractivity (Wildman–Crippen MR) is 62.7 cm³/mol. The van der Waals surface area contributed by atoms with E-state index in [0.717, 1.165) is 25.1 Å². The van der Waals surface area contributed by atoms with Crippen LogP contribution in [0, 0.1) is 0 Å². The lowest BCUT2D eigenvalue weighted by molar-refractivity contribution is 0.101. The van der Waals surface area contributed by atoms with Crippen LogP contribution in [0.4, 0.5) is 5.69 Å². The van der Waals surface area contributed by atoms with Gasteiger partial charge in [-0.15, -0.1) is 0 Å². The number of carbonyl (C=O) groups excluding carboxylic acids is 1. The molecule has 0 amide bonds. The number of aryl methyl sites for hydroxylation is 1. The van der Waals surface area contributed by atoms with Crippen LogP contribution < -0.4 is 4.90 Å². The van der Waals surface area contributed by atoms with Crippen molar-refractivity contribution in [2.45, 2.75) is 26.7 Å². The van der Waals surface area contributed by atoms with Crippen LogP contribution in [-0.2, 0) is 6.42 Å². The van der Waals surface area contributed by atoms with Crippen molar-refractivity contribution in [3.63, 3.8) is 0 Å². The summed E-state index contributed by atoms with van der Waals surface area (Å²) in [7, 11) is 0. The first kappa shape index (κ1) is 10.2. The largest absolute Gasteiger partial charge is 0.372 e. The third-order valence-corrected chi connectivity index (χ3v) is 3.08. The third kappa shape index (κ3) is 1.89. The molecule has 0 aromatic heterocycles. The van der Waals surface area contributed by atoms with Gasteiger partial charge in [-0.3, -0.25) is 4.79 Å². The second kappa shape index (κ2) is 4.05. The molecule has 0 radical (unpaired) electrons. The van der Waals surface area contributed by atoms with Gasteiger partial charge in [-0.25, -0.2) is 0 Å². The Bertz CT molecular complexity index is 384. The normalized spacial score (nSPS) is 14.9. The highest BCUT2D eigenvalue weighted by Gasteiger charge is 2.16. The SMILES string of the molecule is CCN1CCCc2cc(C(C)=O)ccc21. The van der Waals surface area contributed by atoms with Gasteiger partial charge >= 0.3 is 0 Å². The van der Waals surface area contributed by atoms with Crippen molar-refractivity contribution in [2.24, 2.45) is 0 Å². The first-order valence-electron chi connectivity index (χ1n) is 5.61. The van der Waals surface area contributed by atoms with E-state index in [1.165, 1.54) is 17.7 Å². The summed E-state index contributed by atoms with van der Waals surface area (Å²) in [5, 5.41) is 0. The summed E-state index contributed by atoms with van der Waals surface area (Å²) in [4.78, 5) is 13.6. The van der Waals surface area contributed by atoms with Crippen LogP contribution in [-0.4, -0.2) is 18.9 Å². The van der Waals surface area contributed by atoms with Crippen molar-refractivity contribution in [3.8, 4) is 0 Å². The molecule has 1 aliphatic heterocycles. The zero-order valence-corrected chi connectivity index (χ0v) is 9.42. The lowest BCUT2D eigenvalue weighted by Crippen LogP contribution is -2.29. The minimum absolute atomic E-state index is 0.159. The van der Waals surface area contributed by atoms with Crippen molar-refractivity contribution < 1.29 is 4.79 Å². The highest BCUT2D eigenvalue weighted by atomic mass is 16.1. The molecule has 0 saturated heterocycles. The van der Waals surface area contributed by atoms with Crippen molar-refractivity contribution in [2.75, 3.05) is 18.0 Å². The number of fused-ring (bicyclic) bond motifs is 1. The van der Waals surface area contributed by atoms with Crippen LogP contribution in [0.15, 0.2) is 18.2 Å². The number of anilines is 1. The number of ketones is 1. The summed E-state index contributed by atoms with van der Waals surface area (Å²) in [6.45, 7) is 5.99. The molecule has 0 saturated carbocycles. The molecular weight excluding hydrogens is 186 g/mol. The van der Waals surface area contributed by atoms with Gasteiger partial charge in [-0.1, -0.05) is 0 Å². The van der Waals surface area contributed by atoms with Gasteiger partial charge in [-0.05, 0) is 50.5 Å². The molecule has 1 heterocycles. The van der Waals surface area contributed by atoms with Crippen LogP contribution in [0.25, 0.3) is 0 Å². The van der Waals surface area contributed by atoms with Crippen LogP contribution in [0.3, 0.4) is 0 Å². The van der Waals surface area contributed by atoms with Gasteiger partial charge in [0.15, 0.2) is 5.78 Å². The number of nitrogens with zero attached hydrogens (tertiary/aromatic N) is 1. The Morgan fingerprint density at radius 3 is 2.93 bits per heavy atom. The number of benzene rings is 1. The fourth-order valence-corrected chi connectivity index (χ4v) is 2.22. The summed E-state index contributed by atoms with van der Waals surface area (Å²) in [5.74, 6) is 0.159. The van der Waals surface area contributed by atoms with Crippen LogP contribution in [0.1, 0.15) is 36.2 Å². The molecule has 1 aromatic rings. The second-order valence-corrected chi connectivity index (χ2v) is 4.08. The van der Waals surface area contributed by atoms with Gasteiger partial charge in [-0.2, -0.15) is 0 Å². The molecular formula is C13H17NO. The summed E-state index contributed by atoms with van der Waals surface area (Å²) in [6, 6.07) is 6.09. The molecule has 1 aromatic carbocycles. The summed E-state index contributed by atoms with van der Waals surface area (Å²) < 4.78 is 0. The highest BCUT2D eigenvalue weighted by molar-refractivity contribution is 5.94. The Morgan fingerprint density at radius 2 is 2.27 bits per heavy atom. The zero-order chi connectivity index (χ0) is 10.8. The Balaban J connectivity index is 2.40. The topological polar surface area (TPSA) is 20.3 Å². The van der Waals surface area contributed by atoms with E-state index in [9.17, 15) is 4.79 Å². The number of Topliss-reactive ketones (excluding diaryl/α,β-unsaturated/α-hetero) is 1.